The number of carbonyl (C=O) groups is 1. The summed E-state index contributed by atoms with van der Waals surface area (Å²) in [5.74, 6) is 0.451. The fourth-order valence-electron chi connectivity index (χ4n) is 2.21. The predicted molar refractivity (Wildman–Crippen MR) is 127 cm³/mol. The van der Waals surface area contributed by atoms with Crippen molar-refractivity contribution in [1.82, 2.24) is 15.5 Å². The van der Waals surface area contributed by atoms with Crippen LogP contribution in [0.25, 0.3) is 0 Å². The van der Waals surface area contributed by atoms with E-state index in [0.29, 0.717) is 19.0 Å². The molecule has 0 aliphatic rings. The van der Waals surface area contributed by atoms with Crippen LogP contribution in [0, 0.1) is 0 Å². The van der Waals surface area contributed by atoms with Crippen LogP contribution >= 0.6 is 35.3 Å². The first-order valence-electron chi connectivity index (χ1n) is 8.62. The van der Waals surface area contributed by atoms with Crippen molar-refractivity contribution in [3.05, 3.63) is 52.2 Å². The van der Waals surface area contributed by atoms with E-state index in [1.807, 2.05) is 11.4 Å². The first kappa shape index (κ1) is 25.3. The molecule has 0 aliphatic carbocycles. The molecule has 4 N–H and O–H groups in total. The number of hydrogen-bond acceptors (Lipinski definition) is 5. The number of likely N-dealkylation sites (N-methyl/N-ethyl adjacent to an activating group) is 1. The third-order valence-electron chi connectivity index (χ3n) is 3.82. The summed E-state index contributed by atoms with van der Waals surface area (Å²) < 4.78 is 22.7. The zero-order chi connectivity index (χ0) is 20.6. The van der Waals surface area contributed by atoms with E-state index in [0.717, 1.165) is 12.0 Å². The van der Waals surface area contributed by atoms with Crippen LogP contribution in [0.1, 0.15) is 10.4 Å². The molecule has 2 aromatic rings. The van der Waals surface area contributed by atoms with Gasteiger partial charge in [-0.05, 0) is 35.6 Å². The maximum absolute atomic E-state index is 11.8. The Bertz CT molecular complexity index is 898. The number of amides is 1. The van der Waals surface area contributed by atoms with E-state index >= 15 is 0 Å². The average molecular weight is 551 g/mol. The zero-order valence-electron chi connectivity index (χ0n) is 16.3. The smallest absolute Gasteiger partial charge is 0.241 e. The second kappa shape index (κ2) is 12.1. The van der Waals surface area contributed by atoms with E-state index in [-0.39, 0.29) is 41.3 Å². The highest BCUT2D eigenvalue weighted by Gasteiger charge is 2.08. The number of benzene rings is 1. The number of halogens is 1. The zero-order valence-corrected chi connectivity index (χ0v) is 20.3. The van der Waals surface area contributed by atoms with Crippen LogP contribution in [-0.4, -0.2) is 52.4 Å². The first-order chi connectivity index (χ1) is 13.3. The van der Waals surface area contributed by atoms with Crippen molar-refractivity contribution in [2.45, 2.75) is 17.9 Å². The van der Waals surface area contributed by atoms with Crippen molar-refractivity contribution in [3.63, 3.8) is 0 Å². The van der Waals surface area contributed by atoms with E-state index < -0.39 is 10.0 Å². The number of nitrogens with zero attached hydrogens (tertiary/aromatic N) is 2. The highest BCUT2D eigenvalue weighted by Crippen LogP contribution is 2.10. The van der Waals surface area contributed by atoms with Crippen molar-refractivity contribution >= 4 is 57.2 Å². The molecule has 0 saturated carbocycles. The van der Waals surface area contributed by atoms with Crippen molar-refractivity contribution in [2.75, 3.05) is 27.2 Å². The number of primary sulfonamides is 1. The molecule has 2 rings (SSSR count). The van der Waals surface area contributed by atoms with Crippen molar-refractivity contribution in [1.29, 1.82) is 0 Å². The minimum atomic E-state index is -3.71. The molecule has 1 aromatic carbocycles. The van der Waals surface area contributed by atoms with Gasteiger partial charge in [-0.15, -0.1) is 35.3 Å². The van der Waals surface area contributed by atoms with Gasteiger partial charge in [0, 0.05) is 25.5 Å². The Morgan fingerprint density at radius 2 is 1.86 bits per heavy atom. The van der Waals surface area contributed by atoms with E-state index in [9.17, 15) is 13.2 Å². The largest absolute Gasteiger partial charge is 0.356 e. The van der Waals surface area contributed by atoms with Gasteiger partial charge in [-0.25, -0.2) is 18.5 Å². The number of guanidine groups is 1. The molecule has 1 aromatic heterocycles. The second-order valence-electron chi connectivity index (χ2n) is 6.25. The first-order valence-corrected chi connectivity index (χ1v) is 11.0. The number of nitrogens with two attached hydrogens (primary N) is 1. The predicted octanol–water partition coefficient (Wildman–Crippen LogP) is 1.38. The number of nitrogens with one attached hydrogen (secondary N) is 2. The fraction of sp³-hybridized carbons (Fsp3) is 0.333. The normalized spacial score (nSPS) is 11.5. The Hall–Kier alpha value is -1.70. The SMILES string of the molecule is CN(C)C(=O)CNC(=NCc1ccc(S(N)(=O)=O)cc1)NCCc1cccs1.I. The fourth-order valence-corrected chi connectivity index (χ4v) is 3.43. The lowest BCUT2D eigenvalue weighted by Gasteiger charge is -2.15. The summed E-state index contributed by atoms with van der Waals surface area (Å²) in [5.41, 5.74) is 0.825. The second-order valence-corrected chi connectivity index (χ2v) is 8.85. The van der Waals surface area contributed by atoms with Gasteiger partial charge < -0.3 is 15.5 Å². The van der Waals surface area contributed by atoms with Crippen LogP contribution in [0.2, 0.25) is 0 Å². The number of aliphatic imine (C=N–C) groups is 1. The molecule has 0 spiro atoms. The van der Waals surface area contributed by atoms with Gasteiger partial charge in [0.25, 0.3) is 0 Å². The molecule has 1 heterocycles. The third kappa shape index (κ3) is 9.10. The van der Waals surface area contributed by atoms with Gasteiger partial charge in [0.05, 0.1) is 18.0 Å². The lowest BCUT2D eigenvalue weighted by molar-refractivity contribution is -0.127. The van der Waals surface area contributed by atoms with Crippen LogP contribution in [0.4, 0.5) is 0 Å². The quantitative estimate of drug-likeness (QED) is 0.261. The Labute approximate surface area is 192 Å². The van der Waals surface area contributed by atoms with Gasteiger partial charge in [0.15, 0.2) is 5.96 Å². The van der Waals surface area contributed by atoms with Crippen molar-refractivity contribution in [3.8, 4) is 0 Å². The number of rotatable bonds is 8. The van der Waals surface area contributed by atoms with Crippen LogP contribution in [0.15, 0.2) is 51.7 Å². The monoisotopic (exact) mass is 551 g/mol. The highest BCUT2D eigenvalue weighted by molar-refractivity contribution is 14.0. The van der Waals surface area contributed by atoms with E-state index in [4.69, 9.17) is 5.14 Å². The molecule has 0 unspecified atom stereocenters. The number of carbonyl (C=O) groups excluding carboxylic acids is 1. The van der Waals surface area contributed by atoms with E-state index in [2.05, 4.69) is 21.7 Å². The topological polar surface area (TPSA) is 117 Å². The molecule has 29 heavy (non-hydrogen) atoms. The summed E-state index contributed by atoms with van der Waals surface area (Å²) in [7, 11) is -0.327. The summed E-state index contributed by atoms with van der Waals surface area (Å²) in [4.78, 5) is 19.1. The van der Waals surface area contributed by atoms with E-state index in [1.165, 1.54) is 21.9 Å². The average Bonchev–Trinajstić information content (AvgIpc) is 3.16. The molecular weight excluding hydrogens is 525 g/mol. The van der Waals surface area contributed by atoms with Gasteiger partial charge in [0.2, 0.25) is 15.9 Å². The van der Waals surface area contributed by atoms with Gasteiger partial charge in [-0.1, -0.05) is 18.2 Å². The molecule has 8 nitrogen and oxygen atoms in total. The summed E-state index contributed by atoms with van der Waals surface area (Å²) in [5, 5.41) is 13.4. The number of thiophene rings is 1. The minimum absolute atomic E-state index is 0. The molecule has 0 radical (unpaired) electrons. The third-order valence-corrected chi connectivity index (χ3v) is 5.69. The summed E-state index contributed by atoms with van der Waals surface area (Å²) in [6.45, 7) is 1.13. The van der Waals surface area contributed by atoms with Crippen LogP contribution in [0.5, 0.6) is 0 Å². The maximum Gasteiger partial charge on any atom is 0.241 e. The van der Waals surface area contributed by atoms with Crippen molar-refractivity contribution < 1.29 is 13.2 Å². The molecule has 0 aliphatic heterocycles. The highest BCUT2D eigenvalue weighted by atomic mass is 127. The summed E-state index contributed by atoms with van der Waals surface area (Å²) in [6, 6.07) is 10.3. The molecule has 0 fully saturated rings. The molecule has 11 heteroatoms. The van der Waals surface area contributed by atoms with Crippen LogP contribution in [-0.2, 0) is 27.8 Å². The Morgan fingerprint density at radius 3 is 2.41 bits per heavy atom. The molecule has 0 bridgehead atoms. The van der Waals surface area contributed by atoms with Gasteiger partial charge >= 0.3 is 0 Å². The van der Waals surface area contributed by atoms with Crippen LogP contribution in [0.3, 0.4) is 0 Å². The summed E-state index contributed by atoms with van der Waals surface area (Å²) >= 11 is 1.69. The van der Waals surface area contributed by atoms with Gasteiger partial charge in [-0.2, -0.15) is 0 Å². The van der Waals surface area contributed by atoms with E-state index in [1.54, 1.807) is 37.6 Å². The minimum Gasteiger partial charge on any atom is -0.356 e. The molecule has 0 atom stereocenters. The lowest BCUT2D eigenvalue weighted by Crippen LogP contribution is -2.43. The molecule has 0 saturated heterocycles. The summed E-state index contributed by atoms with van der Waals surface area (Å²) in [6.07, 6.45) is 0.850. The maximum atomic E-state index is 11.8. The van der Waals surface area contributed by atoms with Crippen molar-refractivity contribution in [2.24, 2.45) is 10.1 Å². The standard InChI is InChI=1S/C18H25N5O3S2.HI/c1-23(2)17(24)13-22-18(20-10-9-15-4-3-11-27-15)21-12-14-5-7-16(8-6-14)28(19,25)26;/h3-8,11H,9-10,12-13H2,1-2H3,(H2,19,25,26)(H2,20,21,22);1H. The number of sulfonamides is 1. The molecular formula is C18H26IN5O3S2. The lowest BCUT2D eigenvalue weighted by atomic mass is 10.2. The Morgan fingerprint density at radius 1 is 1.17 bits per heavy atom. The Kier molecular flexibility index (Phi) is 10.6. The van der Waals surface area contributed by atoms with Gasteiger partial charge in [-0.3, -0.25) is 4.79 Å². The van der Waals surface area contributed by atoms with Gasteiger partial charge in [0.1, 0.15) is 0 Å². The van der Waals surface area contributed by atoms with Crippen LogP contribution < -0.4 is 15.8 Å². The molecule has 1 amide bonds. The molecule has 160 valence electrons. The Balaban J connectivity index is 0.00000420. The number of hydrogen-bond donors (Lipinski definition) is 3.